The van der Waals surface area contributed by atoms with E-state index in [9.17, 15) is 4.79 Å². The van der Waals surface area contributed by atoms with Crippen LogP contribution in [0.15, 0.2) is 47.2 Å². The number of carbonyl (C=O) groups excluding carboxylic acids is 1. The SMILES string of the molecule is CN(CC(=O)c1ccn(C)c1)Cc1cccc(Br)c1. The second-order valence-corrected chi connectivity index (χ2v) is 5.71. The van der Waals surface area contributed by atoms with Crippen molar-refractivity contribution in [1.82, 2.24) is 9.47 Å². The molecule has 0 saturated carbocycles. The maximum absolute atomic E-state index is 12.1. The highest BCUT2D eigenvalue weighted by atomic mass is 79.9. The topological polar surface area (TPSA) is 25.2 Å². The normalized spacial score (nSPS) is 10.9. The van der Waals surface area contributed by atoms with Gasteiger partial charge in [-0.1, -0.05) is 28.1 Å². The van der Waals surface area contributed by atoms with Gasteiger partial charge in [0.15, 0.2) is 5.78 Å². The molecule has 2 aromatic rings. The molecule has 1 aromatic carbocycles. The summed E-state index contributed by atoms with van der Waals surface area (Å²) in [5.41, 5.74) is 1.96. The van der Waals surface area contributed by atoms with Gasteiger partial charge in [0.2, 0.25) is 0 Å². The molecule has 1 heterocycles. The van der Waals surface area contributed by atoms with Gasteiger partial charge in [-0.15, -0.1) is 0 Å². The number of aromatic nitrogens is 1. The summed E-state index contributed by atoms with van der Waals surface area (Å²) in [5, 5.41) is 0. The number of ketones is 1. The maximum Gasteiger partial charge on any atom is 0.178 e. The van der Waals surface area contributed by atoms with E-state index in [0.717, 1.165) is 16.6 Å². The zero-order valence-corrected chi connectivity index (χ0v) is 12.7. The van der Waals surface area contributed by atoms with Crippen molar-refractivity contribution in [2.75, 3.05) is 13.6 Å². The van der Waals surface area contributed by atoms with Gasteiger partial charge in [-0.05, 0) is 30.8 Å². The minimum absolute atomic E-state index is 0.151. The van der Waals surface area contributed by atoms with Crippen LogP contribution in [-0.2, 0) is 13.6 Å². The standard InChI is InChI=1S/C15H17BrN2O/c1-17-7-6-13(10-17)15(19)11-18(2)9-12-4-3-5-14(16)8-12/h3-8,10H,9,11H2,1-2H3. The Kier molecular flexibility index (Phi) is 4.56. The fourth-order valence-electron chi connectivity index (χ4n) is 2.01. The third kappa shape index (κ3) is 4.04. The molecule has 100 valence electrons. The Morgan fingerprint density at radius 1 is 1.37 bits per heavy atom. The van der Waals surface area contributed by atoms with E-state index in [1.54, 1.807) is 0 Å². The Morgan fingerprint density at radius 2 is 2.16 bits per heavy atom. The van der Waals surface area contributed by atoms with Gasteiger partial charge < -0.3 is 4.57 Å². The molecule has 4 heteroatoms. The zero-order chi connectivity index (χ0) is 13.8. The molecule has 0 bridgehead atoms. The molecule has 0 aliphatic rings. The lowest BCUT2D eigenvalue weighted by molar-refractivity contribution is 0.0943. The van der Waals surface area contributed by atoms with Crippen LogP contribution in [0.5, 0.6) is 0 Å². The second-order valence-electron chi connectivity index (χ2n) is 4.79. The van der Waals surface area contributed by atoms with Gasteiger partial charge >= 0.3 is 0 Å². The van der Waals surface area contributed by atoms with E-state index < -0.39 is 0 Å². The van der Waals surface area contributed by atoms with E-state index in [-0.39, 0.29) is 5.78 Å². The molecule has 1 aromatic heterocycles. The van der Waals surface area contributed by atoms with Crippen LogP contribution in [0.4, 0.5) is 0 Å². The lowest BCUT2D eigenvalue weighted by atomic mass is 10.2. The molecular weight excluding hydrogens is 304 g/mol. The van der Waals surface area contributed by atoms with Crippen molar-refractivity contribution in [2.45, 2.75) is 6.54 Å². The number of likely N-dealkylation sites (N-methyl/N-ethyl adjacent to an activating group) is 1. The van der Waals surface area contributed by atoms with Gasteiger partial charge in [-0.3, -0.25) is 9.69 Å². The Labute approximate surface area is 122 Å². The first kappa shape index (κ1) is 14.0. The third-order valence-electron chi connectivity index (χ3n) is 2.91. The fraction of sp³-hybridized carbons (Fsp3) is 0.267. The minimum atomic E-state index is 0.151. The van der Waals surface area contributed by atoms with Crippen molar-refractivity contribution < 1.29 is 4.79 Å². The monoisotopic (exact) mass is 320 g/mol. The molecule has 0 fully saturated rings. The number of aryl methyl sites for hydroxylation is 1. The number of rotatable bonds is 5. The summed E-state index contributed by atoms with van der Waals surface area (Å²) >= 11 is 3.45. The number of nitrogens with zero attached hydrogens (tertiary/aromatic N) is 2. The zero-order valence-electron chi connectivity index (χ0n) is 11.1. The van der Waals surface area contributed by atoms with Gasteiger partial charge in [0.25, 0.3) is 0 Å². The second kappa shape index (κ2) is 6.17. The van der Waals surface area contributed by atoms with Crippen LogP contribution in [0.25, 0.3) is 0 Å². The first-order valence-electron chi connectivity index (χ1n) is 6.13. The van der Waals surface area contributed by atoms with Crippen LogP contribution in [0.2, 0.25) is 0 Å². The molecule has 0 aliphatic carbocycles. The average Bonchev–Trinajstić information content (AvgIpc) is 2.75. The Morgan fingerprint density at radius 3 is 2.79 bits per heavy atom. The molecule has 0 amide bonds. The Hall–Kier alpha value is -1.39. The van der Waals surface area contributed by atoms with Crippen LogP contribution in [0.1, 0.15) is 15.9 Å². The van der Waals surface area contributed by atoms with Crippen molar-refractivity contribution in [3.63, 3.8) is 0 Å². The Bertz CT molecular complexity index is 577. The molecule has 0 unspecified atom stereocenters. The van der Waals surface area contributed by atoms with Gasteiger partial charge in [0, 0.05) is 36.0 Å². The largest absolute Gasteiger partial charge is 0.357 e. The predicted octanol–water partition coefficient (Wildman–Crippen LogP) is 3.10. The van der Waals surface area contributed by atoms with Crippen LogP contribution >= 0.6 is 15.9 Å². The van der Waals surface area contributed by atoms with Crippen molar-refractivity contribution in [1.29, 1.82) is 0 Å². The highest BCUT2D eigenvalue weighted by Gasteiger charge is 2.10. The number of carbonyl (C=O) groups is 1. The first-order valence-corrected chi connectivity index (χ1v) is 6.92. The van der Waals surface area contributed by atoms with Crippen LogP contribution in [0, 0.1) is 0 Å². The number of Topliss-reactive ketones (excluding diaryl/α,β-unsaturated/α-hetero) is 1. The van der Waals surface area contributed by atoms with Crippen molar-refractivity contribution in [3.8, 4) is 0 Å². The summed E-state index contributed by atoms with van der Waals surface area (Å²) < 4.78 is 2.95. The highest BCUT2D eigenvalue weighted by molar-refractivity contribution is 9.10. The molecule has 0 radical (unpaired) electrons. The van der Waals surface area contributed by atoms with Gasteiger partial charge in [-0.25, -0.2) is 0 Å². The highest BCUT2D eigenvalue weighted by Crippen LogP contribution is 2.13. The van der Waals surface area contributed by atoms with Crippen LogP contribution < -0.4 is 0 Å². The van der Waals surface area contributed by atoms with E-state index in [1.165, 1.54) is 5.56 Å². The lowest BCUT2D eigenvalue weighted by Crippen LogP contribution is -2.25. The van der Waals surface area contributed by atoms with Gasteiger partial charge in [-0.2, -0.15) is 0 Å². The summed E-state index contributed by atoms with van der Waals surface area (Å²) in [6.07, 6.45) is 3.75. The molecule has 0 saturated heterocycles. The van der Waals surface area contributed by atoms with E-state index in [2.05, 4.69) is 28.1 Å². The Balaban J connectivity index is 1.94. The fourth-order valence-corrected chi connectivity index (χ4v) is 2.45. The maximum atomic E-state index is 12.1. The molecule has 19 heavy (non-hydrogen) atoms. The van der Waals surface area contributed by atoms with Gasteiger partial charge in [0.1, 0.15) is 0 Å². The van der Waals surface area contributed by atoms with Crippen LogP contribution in [-0.4, -0.2) is 28.8 Å². The van der Waals surface area contributed by atoms with E-state index >= 15 is 0 Å². The molecular formula is C15H17BrN2O. The average molecular weight is 321 g/mol. The molecule has 2 rings (SSSR count). The van der Waals surface area contributed by atoms with Gasteiger partial charge in [0.05, 0.1) is 6.54 Å². The summed E-state index contributed by atoms with van der Waals surface area (Å²) in [6.45, 7) is 1.19. The summed E-state index contributed by atoms with van der Waals surface area (Å²) in [4.78, 5) is 14.1. The predicted molar refractivity (Wildman–Crippen MR) is 80.2 cm³/mol. The molecule has 0 N–H and O–H groups in total. The third-order valence-corrected chi connectivity index (χ3v) is 3.40. The number of benzene rings is 1. The van der Waals surface area contributed by atoms with E-state index in [1.807, 2.05) is 54.2 Å². The summed E-state index contributed by atoms with van der Waals surface area (Å²) in [5.74, 6) is 0.151. The van der Waals surface area contributed by atoms with Crippen molar-refractivity contribution in [2.24, 2.45) is 7.05 Å². The first-order chi connectivity index (χ1) is 9.04. The summed E-state index contributed by atoms with van der Waals surface area (Å²) in [6, 6.07) is 10.00. The molecule has 0 aliphatic heterocycles. The molecule has 3 nitrogen and oxygen atoms in total. The lowest BCUT2D eigenvalue weighted by Gasteiger charge is -2.15. The smallest absolute Gasteiger partial charge is 0.178 e. The number of halogens is 1. The van der Waals surface area contributed by atoms with E-state index in [4.69, 9.17) is 0 Å². The minimum Gasteiger partial charge on any atom is -0.357 e. The van der Waals surface area contributed by atoms with Crippen LogP contribution in [0.3, 0.4) is 0 Å². The van der Waals surface area contributed by atoms with Crippen molar-refractivity contribution >= 4 is 21.7 Å². The molecule has 0 spiro atoms. The quantitative estimate of drug-likeness (QED) is 0.791. The number of hydrogen-bond acceptors (Lipinski definition) is 2. The van der Waals surface area contributed by atoms with E-state index in [0.29, 0.717) is 6.54 Å². The number of hydrogen-bond donors (Lipinski definition) is 0. The molecule has 0 atom stereocenters. The summed E-state index contributed by atoms with van der Waals surface area (Å²) in [7, 11) is 3.88. The van der Waals surface area contributed by atoms with Crippen molar-refractivity contribution in [3.05, 3.63) is 58.3 Å².